The zero-order valence-corrected chi connectivity index (χ0v) is 15.0. The van der Waals surface area contributed by atoms with E-state index >= 15 is 0 Å². The van der Waals surface area contributed by atoms with Gasteiger partial charge in [-0.15, -0.1) is 0 Å². The second-order valence-electron chi connectivity index (χ2n) is 6.67. The summed E-state index contributed by atoms with van der Waals surface area (Å²) in [5.74, 6) is 0.563. The first-order valence-corrected chi connectivity index (χ1v) is 9.13. The largest absolute Gasteiger partial charge is 0.507 e. The molecule has 0 saturated heterocycles. The lowest BCUT2D eigenvalue weighted by atomic mass is 10.0. The molecular weight excluding hydrogens is 346 g/mol. The fraction of sp³-hybridized carbons (Fsp3) is 0. The third kappa shape index (κ3) is 2.93. The Balaban J connectivity index is 1.54. The Kier molecular flexibility index (Phi) is 3.91. The molecule has 0 unspecified atom stereocenters. The lowest BCUT2D eigenvalue weighted by molar-refractivity contribution is 0.474. The van der Waals surface area contributed by atoms with Crippen LogP contribution in [0.5, 0.6) is 5.75 Å². The van der Waals surface area contributed by atoms with Gasteiger partial charge in [-0.25, -0.2) is 4.98 Å². The van der Waals surface area contributed by atoms with Gasteiger partial charge in [0.2, 0.25) is 5.89 Å². The van der Waals surface area contributed by atoms with Gasteiger partial charge >= 0.3 is 0 Å². The molecule has 0 amide bonds. The molecule has 5 rings (SSSR count). The highest BCUT2D eigenvalue weighted by Crippen LogP contribution is 2.35. The van der Waals surface area contributed by atoms with Crippen molar-refractivity contribution in [3.63, 3.8) is 0 Å². The van der Waals surface area contributed by atoms with E-state index in [-0.39, 0.29) is 5.75 Å². The number of rotatable bonds is 3. The third-order valence-corrected chi connectivity index (χ3v) is 4.83. The van der Waals surface area contributed by atoms with Crippen molar-refractivity contribution in [2.45, 2.75) is 0 Å². The number of nitrogens with zero attached hydrogens (tertiary/aromatic N) is 1. The molecule has 0 saturated carbocycles. The van der Waals surface area contributed by atoms with Crippen LogP contribution in [0, 0.1) is 0 Å². The van der Waals surface area contributed by atoms with Crippen molar-refractivity contribution in [1.29, 1.82) is 0 Å². The van der Waals surface area contributed by atoms with Gasteiger partial charge in [-0.3, -0.25) is 0 Å². The highest BCUT2D eigenvalue weighted by Gasteiger charge is 2.14. The first-order chi connectivity index (χ1) is 13.8. The van der Waals surface area contributed by atoms with Crippen molar-refractivity contribution in [3.05, 3.63) is 97.1 Å². The summed E-state index contributed by atoms with van der Waals surface area (Å²) in [5.41, 5.74) is 6.25. The lowest BCUT2D eigenvalue weighted by Gasteiger charge is -2.05. The van der Waals surface area contributed by atoms with Gasteiger partial charge in [0.1, 0.15) is 11.3 Å². The van der Waals surface area contributed by atoms with Crippen LogP contribution in [0.2, 0.25) is 0 Å². The number of phenolic OH excluding ortho intramolecular Hbond substituents is 1. The third-order valence-electron chi connectivity index (χ3n) is 4.83. The zero-order chi connectivity index (χ0) is 18.9. The predicted octanol–water partition coefficient (Wildman–Crippen LogP) is 6.53. The van der Waals surface area contributed by atoms with Crippen molar-refractivity contribution in [1.82, 2.24) is 4.98 Å². The fourth-order valence-corrected chi connectivity index (χ4v) is 3.38. The summed E-state index contributed by atoms with van der Waals surface area (Å²) in [7, 11) is 0. The van der Waals surface area contributed by atoms with Crippen molar-refractivity contribution >= 4 is 11.1 Å². The number of fused-ring (bicyclic) bond motifs is 1. The maximum Gasteiger partial charge on any atom is 0.231 e. The minimum Gasteiger partial charge on any atom is -0.507 e. The molecule has 0 aliphatic heterocycles. The Morgan fingerprint density at radius 1 is 0.607 bits per heavy atom. The van der Waals surface area contributed by atoms with Gasteiger partial charge in [-0.1, -0.05) is 72.8 Å². The molecule has 134 valence electrons. The van der Waals surface area contributed by atoms with Crippen LogP contribution in [-0.2, 0) is 0 Å². The summed E-state index contributed by atoms with van der Waals surface area (Å²) in [4.78, 5) is 4.61. The molecule has 0 fully saturated rings. The van der Waals surface area contributed by atoms with Crippen LogP contribution in [0.15, 0.2) is 101 Å². The van der Waals surface area contributed by atoms with Crippen molar-refractivity contribution < 1.29 is 9.52 Å². The van der Waals surface area contributed by atoms with Gasteiger partial charge in [0.05, 0.1) is 5.56 Å². The van der Waals surface area contributed by atoms with Crippen LogP contribution in [0.3, 0.4) is 0 Å². The normalized spacial score (nSPS) is 11.0. The Labute approximate surface area is 162 Å². The number of aromatic nitrogens is 1. The highest BCUT2D eigenvalue weighted by atomic mass is 16.3. The SMILES string of the molecule is Oc1cc(-c2ccccc2)ccc1-c1nc2cc(-c3ccccc3)ccc2o1. The van der Waals surface area contributed by atoms with E-state index in [1.54, 1.807) is 6.07 Å². The molecule has 0 bridgehead atoms. The van der Waals surface area contributed by atoms with Gasteiger partial charge < -0.3 is 9.52 Å². The van der Waals surface area contributed by atoms with Gasteiger partial charge in [0, 0.05) is 0 Å². The number of hydrogen-bond acceptors (Lipinski definition) is 3. The van der Waals surface area contributed by atoms with Crippen LogP contribution in [0.25, 0.3) is 44.8 Å². The predicted molar refractivity (Wildman–Crippen MR) is 112 cm³/mol. The molecule has 5 aromatic rings. The smallest absolute Gasteiger partial charge is 0.231 e. The first-order valence-electron chi connectivity index (χ1n) is 9.13. The summed E-state index contributed by atoms with van der Waals surface area (Å²) in [5, 5.41) is 10.6. The van der Waals surface area contributed by atoms with E-state index in [4.69, 9.17) is 4.42 Å². The molecule has 4 aromatic carbocycles. The van der Waals surface area contributed by atoms with Crippen LogP contribution >= 0.6 is 0 Å². The summed E-state index contributed by atoms with van der Waals surface area (Å²) >= 11 is 0. The van der Waals surface area contributed by atoms with E-state index in [1.165, 1.54) is 0 Å². The van der Waals surface area contributed by atoms with E-state index in [0.29, 0.717) is 17.0 Å². The Hall–Kier alpha value is -3.85. The molecule has 3 nitrogen and oxygen atoms in total. The number of oxazole rings is 1. The standard InChI is InChI=1S/C25H17NO2/c27-23-16-20(18-9-5-2-6-10-18)11-13-21(23)25-26-22-15-19(12-14-24(22)28-25)17-7-3-1-4-8-17/h1-16,27H. The lowest BCUT2D eigenvalue weighted by Crippen LogP contribution is -1.82. The maximum atomic E-state index is 10.6. The van der Waals surface area contributed by atoms with Gasteiger partial charge in [-0.05, 0) is 46.5 Å². The molecule has 1 aromatic heterocycles. The summed E-state index contributed by atoms with van der Waals surface area (Å²) in [6, 6.07) is 31.6. The molecule has 28 heavy (non-hydrogen) atoms. The van der Waals surface area contributed by atoms with E-state index in [2.05, 4.69) is 17.1 Å². The monoisotopic (exact) mass is 363 g/mol. The Bertz CT molecular complexity index is 1260. The van der Waals surface area contributed by atoms with Gasteiger partial charge in [0.15, 0.2) is 5.58 Å². The maximum absolute atomic E-state index is 10.6. The number of phenols is 1. The van der Waals surface area contributed by atoms with Crippen LogP contribution in [0.4, 0.5) is 0 Å². The average Bonchev–Trinajstić information content (AvgIpc) is 3.18. The van der Waals surface area contributed by atoms with Crippen molar-refractivity contribution in [2.75, 3.05) is 0 Å². The van der Waals surface area contributed by atoms with Crippen molar-refractivity contribution in [3.8, 4) is 39.5 Å². The Morgan fingerprint density at radius 2 is 1.21 bits per heavy atom. The van der Waals surface area contributed by atoms with Gasteiger partial charge in [0.25, 0.3) is 0 Å². The number of benzene rings is 4. The van der Waals surface area contributed by atoms with E-state index < -0.39 is 0 Å². The molecular formula is C25H17NO2. The molecule has 1 heterocycles. The summed E-state index contributed by atoms with van der Waals surface area (Å²) in [6.07, 6.45) is 0. The quantitative estimate of drug-likeness (QED) is 0.396. The summed E-state index contributed by atoms with van der Waals surface area (Å²) in [6.45, 7) is 0. The molecule has 3 heteroatoms. The van der Waals surface area contributed by atoms with Crippen LogP contribution in [-0.4, -0.2) is 10.1 Å². The van der Waals surface area contributed by atoms with Crippen LogP contribution < -0.4 is 0 Å². The first kappa shape index (κ1) is 16.3. The molecule has 0 aliphatic carbocycles. The fourth-order valence-electron chi connectivity index (χ4n) is 3.38. The molecule has 0 radical (unpaired) electrons. The second-order valence-corrected chi connectivity index (χ2v) is 6.67. The Morgan fingerprint density at radius 3 is 1.86 bits per heavy atom. The topological polar surface area (TPSA) is 46.3 Å². The molecule has 0 atom stereocenters. The van der Waals surface area contributed by atoms with Crippen molar-refractivity contribution in [2.24, 2.45) is 0 Å². The van der Waals surface area contributed by atoms with E-state index in [0.717, 1.165) is 27.8 Å². The minimum absolute atomic E-state index is 0.149. The number of aromatic hydroxyl groups is 1. The minimum atomic E-state index is 0.149. The average molecular weight is 363 g/mol. The summed E-state index contributed by atoms with van der Waals surface area (Å²) < 4.78 is 5.90. The van der Waals surface area contributed by atoms with Crippen LogP contribution in [0.1, 0.15) is 0 Å². The van der Waals surface area contributed by atoms with E-state index in [1.807, 2.05) is 78.9 Å². The van der Waals surface area contributed by atoms with Gasteiger partial charge in [-0.2, -0.15) is 0 Å². The molecule has 0 spiro atoms. The van der Waals surface area contributed by atoms with E-state index in [9.17, 15) is 5.11 Å². The number of hydrogen-bond donors (Lipinski definition) is 1. The zero-order valence-electron chi connectivity index (χ0n) is 15.0. The highest BCUT2D eigenvalue weighted by molar-refractivity contribution is 5.83. The molecule has 0 aliphatic rings. The molecule has 1 N–H and O–H groups in total. The second kappa shape index (κ2) is 6.71.